The normalized spacial score (nSPS) is 12.1. The summed E-state index contributed by atoms with van der Waals surface area (Å²) >= 11 is 0. The van der Waals surface area contributed by atoms with Gasteiger partial charge in [0.2, 0.25) is 5.88 Å². The van der Waals surface area contributed by atoms with Crippen LogP contribution in [0.5, 0.6) is 11.6 Å². The number of benzene rings is 1. The lowest BCUT2D eigenvalue weighted by atomic mass is 10.1. The number of nitrogens with one attached hydrogen (secondary N) is 2. The average molecular weight is 409 g/mol. The number of hydrogen-bond donors (Lipinski definition) is 2. The molecule has 2 heterocycles. The third-order valence-corrected chi connectivity index (χ3v) is 3.91. The molecule has 11 heteroatoms. The summed E-state index contributed by atoms with van der Waals surface area (Å²) < 4.78 is 48.9. The number of aromatic nitrogens is 4. The zero-order valence-electron chi connectivity index (χ0n) is 15.6. The van der Waals surface area contributed by atoms with E-state index in [4.69, 9.17) is 14.3 Å². The zero-order chi connectivity index (χ0) is 20.9. The van der Waals surface area contributed by atoms with Gasteiger partial charge in [0.25, 0.3) is 0 Å². The Morgan fingerprint density at radius 3 is 2.55 bits per heavy atom. The zero-order valence-corrected chi connectivity index (χ0v) is 15.6. The third-order valence-electron chi connectivity index (χ3n) is 3.91. The van der Waals surface area contributed by atoms with Crippen molar-refractivity contribution in [2.75, 3.05) is 7.11 Å². The van der Waals surface area contributed by atoms with Crippen LogP contribution in [0.4, 0.5) is 13.2 Å². The van der Waals surface area contributed by atoms with E-state index in [1.165, 1.54) is 19.2 Å². The van der Waals surface area contributed by atoms with Crippen molar-refractivity contribution in [2.24, 2.45) is 5.16 Å². The van der Waals surface area contributed by atoms with Gasteiger partial charge >= 0.3 is 6.18 Å². The number of H-pyrrole nitrogens is 2. The lowest BCUT2D eigenvalue weighted by Gasteiger charge is -2.13. The molecule has 2 aromatic heterocycles. The summed E-state index contributed by atoms with van der Waals surface area (Å²) in [5.41, 5.74) is 0.920. The molecule has 0 unspecified atom stereocenters. The molecule has 0 amide bonds. The number of pyridine rings is 1. The number of oxime groups is 1. The second-order valence-corrected chi connectivity index (χ2v) is 5.95. The predicted molar refractivity (Wildman–Crippen MR) is 96.5 cm³/mol. The Balaban J connectivity index is 1.57. The Bertz CT molecular complexity index is 955. The first kappa shape index (κ1) is 20.2. The van der Waals surface area contributed by atoms with Crippen LogP contribution in [-0.2, 0) is 24.2 Å². The lowest BCUT2D eigenvalue weighted by molar-refractivity contribution is -0.138. The molecule has 2 N–H and O–H groups in total. The van der Waals surface area contributed by atoms with Crippen molar-refractivity contribution in [2.45, 2.75) is 26.3 Å². The molecule has 3 rings (SSSR count). The van der Waals surface area contributed by atoms with Crippen molar-refractivity contribution in [3.63, 3.8) is 0 Å². The summed E-state index contributed by atoms with van der Waals surface area (Å²) in [6, 6.07) is 7.00. The number of alkyl halides is 3. The Kier molecular flexibility index (Phi) is 6.05. The highest BCUT2D eigenvalue weighted by atomic mass is 19.4. The van der Waals surface area contributed by atoms with E-state index >= 15 is 0 Å². The standard InChI is InChI=1S/C18H18F3N5O3/c1-11(13-4-6-17(22-8-13)28-10-16-23-26-24-16)25-29-9-12-3-5-14(18(19,20)21)15(7-12)27-2/h3-8,26H,9-10H2,1-2H3,(H,23,24). The van der Waals surface area contributed by atoms with Crippen molar-refractivity contribution in [1.29, 1.82) is 0 Å². The Morgan fingerprint density at radius 2 is 1.97 bits per heavy atom. The molecule has 154 valence electrons. The van der Waals surface area contributed by atoms with Gasteiger partial charge in [-0.15, -0.1) is 5.10 Å². The fraction of sp³-hybridized carbons (Fsp3) is 0.278. The predicted octanol–water partition coefficient (Wildman–Crippen LogP) is 3.68. The number of methoxy groups -OCH3 is 1. The van der Waals surface area contributed by atoms with Gasteiger partial charge in [-0.25, -0.2) is 10.2 Å². The van der Waals surface area contributed by atoms with Crippen molar-refractivity contribution in [1.82, 2.24) is 20.4 Å². The summed E-state index contributed by atoms with van der Waals surface area (Å²) in [4.78, 5) is 9.42. The first-order valence-electron chi connectivity index (χ1n) is 8.44. The number of ether oxygens (including phenoxy) is 2. The van der Waals surface area contributed by atoms with Crippen LogP contribution in [0.25, 0.3) is 0 Å². The Morgan fingerprint density at radius 1 is 1.17 bits per heavy atom. The molecule has 0 aliphatic rings. The van der Waals surface area contributed by atoms with E-state index in [1.807, 2.05) is 0 Å². The van der Waals surface area contributed by atoms with E-state index in [1.54, 1.807) is 25.3 Å². The van der Waals surface area contributed by atoms with Crippen LogP contribution in [0.15, 0.2) is 41.7 Å². The van der Waals surface area contributed by atoms with Gasteiger partial charge in [0.1, 0.15) is 12.4 Å². The van der Waals surface area contributed by atoms with Crippen LogP contribution in [0.1, 0.15) is 29.4 Å². The maximum Gasteiger partial charge on any atom is 0.419 e. The van der Waals surface area contributed by atoms with Crippen LogP contribution in [0.3, 0.4) is 0 Å². The fourth-order valence-corrected chi connectivity index (χ4v) is 2.34. The topological polar surface area (TPSA) is 97.4 Å². The molecule has 8 nitrogen and oxygen atoms in total. The quantitative estimate of drug-likeness (QED) is 0.437. The van der Waals surface area contributed by atoms with Gasteiger partial charge in [0, 0.05) is 17.8 Å². The van der Waals surface area contributed by atoms with E-state index in [9.17, 15) is 13.2 Å². The SMILES string of the molecule is COc1cc(CON=C(C)c2ccc(OCc3n[nH][nH]3)nc2)ccc1C(F)(F)F. The molecule has 0 saturated heterocycles. The minimum absolute atomic E-state index is 0.0103. The smallest absolute Gasteiger partial charge is 0.419 e. The molecule has 0 spiro atoms. The number of halogens is 3. The minimum Gasteiger partial charge on any atom is -0.496 e. The largest absolute Gasteiger partial charge is 0.496 e. The third kappa shape index (κ3) is 5.27. The molecule has 0 fully saturated rings. The van der Waals surface area contributed by atoms with Crippen molar-refractivity contribution in [3.8, 4) is 11.6 Å². The van der Waals surface area contributed by atoms with Crippen LogP contribution in [-0.4, -0.2) is 33.2 Å². The van der Waals surface area contributed by atoms with Crippen LogP contribution in [0, 0.1) is 0 Å². The number of hydrogen-bond acceptors (Lipinski definition) is 6. The highest BCUT2D eigenvalue weighted by molar-refractivity contribution is 5.98. The average Bonchev–Trinajstić information content (AvgIpc) is 2.66. The fourth-order valence-electron chi connectivity index (χ4n) is 2.34. The molecule has 0 saturated carbocycles. The van der Waals surface area contributed by atoms with Crippen molar-refractivity contribution in [3.05, 3.63) is 59.0 Å². The molecular formula is C18H18F3N5O3. The van der Waals surface area contributed by atoms with Gasteiger partial charge in [-0.05, 0) is 30.7 Å². The van der Waals surface area contributed by atoms with Gasteiger partial charge in [-0.3, -0.25) is 5.10 Å². The van der Waals surface area contributed by atoms with Gasteiger partial charge in [0.05, 0.1) is 18.4 Å². The van der Waals surface area contributed by atoms with E-state index < -0.39 is 11.7 Å². The number of aromatic amines is 2. The number of rotatable bonds is 8. The second-order valence-electron chi connectivity index (χ2n) is 5.95. The van der Waals surface area contributed by atoms with E-state index in [-0.39, 0.29) is 19.0 Å². The van der Waals surface area contributed by atoms with E-state index in [0.717, 1.165) is 6.07 Å². The van der Waals surface area contributed by atoms with Crippen LogP contribution < -0.4 is 9.47 Å². The molecule has 0 atom stereocenters. The summed E-state index contributed by atoms with van der Waals surface area (Å²) in [6.07, 6.45) is -2.91. The van der Waals surface area contributed by atoms with E-state index in [2.05, 4.69) is 25.6 Å². The molecule has 3 aromatic rings. The molecule has 0 radical (unpaired) electrons. The van der Waals surface area contributed by atoms with Gasteiger partial charge < -0.3 is 14.3 Å². The maximum atomic E-state index is 12.9. The maximum absolute atomic E-state index is 12.9. The number of nitrogens with zero attached hydrogens (tertiary/aromatic N) is 3. The molecule has 0 aliphatic carbocycles. The lowest BCUT2D eigenvalue weighted by Crippen LogP contribution is -2.09. The monoisotopic (exact) mass is 409 g/mol. The van der Waals surface area contributed by atoms with Crippen LogP contribution >= 0.6 is 0 Å². The van der Waals surface area contributed by atoms with Gasteiger partial charge in [-0.2, -0.15) is 13.2 Å². The first-order valence-corrected chi connectivity index (χ1v) is 8.44. The van der Waals surface area contributed by atoms with Gasteiger partial charge in [0.15, 0.2) is 12.4 Å². The highest BCUT2D eigenvalue weighted by Gasteiger charge is 2.34. The summed E-state index contributed by atoms with van der Waals surface area (Å²) in [5, 5.41) is 13.1. The summed E-state index contributed by atoms with van der Waals surface area (Å²) in [7, 11) is 1.19. The molecular weight excluding hydrogens is 391 g/mol. The second kappa shape index (κ2) is 8.67. The Labute approximate surface area is 163 Å². The van der Waals surface area contributed by atoms with Crippen molar-refractivity contribution >= 4 is 5.71 Å². The Hall–Kier alpha value is -3.50. The molecule has 0 bridgehead atoms. The summed E-state index contributed by atoms with van der Waals surface area (Å²) in [6.45, 7) is 1.99. The molecule has 1 aromatic carbocycles. The summed E-state index contributed by atoms with van der Waals surface area (Å²) in [5.74, 6) is 0.829. The molecule has 0 aliphatic heterocycles. The first-order chi connectivity index (χ1) is 13.9. The minimum atomic E-state index is -4.49. The van der Waals surface area contributed by atoms with E-state index in [0.29, 0.717) is 28.5 Å². The van der Waals surface area contributed by atoms with Gasteiger partial charge in [-0.1, -0.05) is 11.2 Å². The highest BCUT2D eigenvalue weighted by Crippen LogP contribution is 2.36. The van der Waals surface area contributed by atoms with Crippen molar-refractivity contribution < 1.29 is 27.5 Å². The molecule has 29 heavy (non-hydrogen) atoms. The van der Waals surface area contributed by atoms with Crippen LogP contribution in [0.2, 0.25) is 0 Å².